The number of hydrogen-bond donors (Lipinski definition) is 0. The number of rotatable bonds is 1. The van der Waals surface area contributed by atoms with Gasteiger partial charge in [-0.2, -0.15) is 0 Å². The number of halogens is 1. The average Bonchev–Trinajstić information content (AvgIpc) is 2.35. The standard InChI is InChI=1S/C18H23BrO3/c1-17(2)9-11(10-18(3,4)22-17)16-8-14(20)13-7-12(19)5-6-15(13)21-16/h5-7,11,16H,8-10H2,1-4H3. The lowest BCUT2D eigenvalue weighted by atomic mass is 9.76. The van der Waals surface area contributed by atoms with Crippen LogP contribution in [-0.4, -0.2) is 23.1 Å². The van der Waals surface area contributed by atoms with E-state index >= 15 is 0 Å². The van der Waals surface area contributed by atoms with Gasteiger partial charge in [-0.15, -0.1) is 0 Å². The van der Waals surface area contributed by atoms with Crippen molar-refractivity contribution in [2.24, 2.45) is 5.92 Å². The Kier molecular flexibility index (Phi) is 3.89. The number of hydrogen-bond acceptors (Lipinski definition) is 3. The van der Waals surface area contributed by atoms with Gasteiger partial charge in [0.25, 0.3) is 0 Å². The molecule has 22 heavy (non-hydrogen) atoms. The monoisotopic (exact) mass is 366 g/mol. The molecule has 2 heterocycles. The molecule has 2 aliphatic rings. The fraction of sp³-hybridized carbons (Fsp3) is 0.611. The lowest BCUT2D eigenvalue weighted by Crippen LogP contribution is -2.50. The van der Waals surface area contributed by atoms with Gasteiger partial charge in [-0.05, 0) is 58.7 Å². The molecule has 1 unspecified atom stereocenters. The van der Waals surface area contributed by atoms with E-state index in [0.717, 1.165) is 17.3 Å². The molecule has 1 aromatic rings. The first kappa shape index (κ1) is 16.0. The highest BCUT2D eigenvalue weighted by Gasteiger charge is 2.44. The van der Waals surface area contributed by atoms with E-state index in [0.29, 0.717) is 23.7 Å². The van der Waals surface area contributed by atoms with Crippen LogP contribution >= 0.6 is 15.9 Å². The predicted molar refractivity (Wildman–Crippen MR) is 89.5 cm³/mol. The molecular weight excluding hydrogens is 344 g/mol. The predicted octanol–water partition coefficient (Wildman–Crippen LogP) is 4.77. The number of carbonyl (C=O) groups is 1. The molecule has 3 rings (SSSR count). The van der Waals surface area contributed by atoms with Crippen LogP contribution in [0.15, 0.2) is 22.7 Å². The first-order valence-electron chi connectivity index (χ1n) is 7.85. The maximum Gasteiger partial charge on any atom is 0.170 e. The zero-order valence-electron chi connectivity index (χ0n) is 13.6. The second kappa shape index (κ2) is 5.34. The molecule has 0 aromatic heterocycles. The molecule has 1 aromatic carbocycles. The largest absolute Gasteiger partial charge is 0.489 e. The Labute approximate surface area is 140 Å². The summed E-state index contributed by atoms with van der Waals surface area (Å²) in [6.45, 7) is 8.49. The van der Waals surface area contributed by atoms with Gasteiger partial charge in [-0.1, -0.05) is 15.9 Å². The van der Waals surface area contributed by atoms with Crippen molar-refractivity contribution >= 4 is 21.7 Å². The van der Waals surface area contributed by atoms with Gasteiger partial charge in [0.15, 0.2) is 5.78 Å². The van der Waals surface area contributed by atoms with Crippen LogP contribution in [0.3, 0.4) is 0 Å². The van der Waals surface area contributed by atoms with Gasteiger partial charge in [0.1, 0.15) is 11.9 Å². The summed E-state index contributed by atoms with van der Waals surface area (Å²) in [5.41, 5.74) is 0.327. The fourth-order valence-electron chi connectivity index (χ4n) is 4.01. The minimum atomic E-state index is -0.182. The van der Waals surface area contributed by atoms with Crippen LogP contribution in [0.25, 0.3) is 0 Å². The highest BCUT2D eigenvalue weighted by atomic mass is 79.9. The number of carbonyl (C=O) groups excluding carboxylic acids is 1. The molecule has 2 aliphatic heterocycles. The second-order valence-corrected chi connectivity index (χ2v) is 8.63. The zero-order valence-corrected chi connectivity index (χ0v) is 15.2. The van der Waals surface area contributed by atoms with Crippen LogP contribution in [0.4, 0.5) is 0 Å². The van der Waals surface area contributed by atoms with Gasteiger partial charge in [0.2, 0.25) is 0 Å². The third-order valence-corrected chi connectivity index (χ3v) is 4.99. The van der Waals surface area contributed by atoms with Crippen molar-refractivity contribution in [3.05, 3.63) is 28.2 Å². The van der Waals surface area contributed by atoms with Crippen molar-refractivity contribution in [2.75, 3.05) is 0 Å². The molecule has 0 aliphatic carbocycles. The van der Waals surface area contributed by atoms with Crippen LogP contribution in [0, 0.1) is 5.92 Å². The van der Waals surface area contributed by atoms with Crippen molar-refractivity contribution in [3.63, 3.8) is 0 Å². The molecule has 0 N–H and O–H groups in total. The van der Waals surface area contributed by atoms with E-state index in [1.165, 1.54) is 0 Å². The summed E-state index contributed by atoms with van der Waals surface area (Å²) in [5.74, 6) is 1.22. The number of benzene rings is 1. The summed E-state index contributed by atoms with van der Waals surface area (Å²) >= 11 is 3.42. The summed E-state index contributed by atoms with van der Waals surface area (Å²) in [4.78, 5) is 12.5. The lowest BCUT2D eigenvalue weighted by Gasteiger charge is -2.47. The number of ketones is 1. The van der Waals surface area contributed by atoms with Crippen molar-refractivity contribution in [1.29, 1.82) is 0 Å². The Balaban J connectivity index is 1.85. The van der Waals surface area contributed by atoms with E-state index in [-0.39, 0.29) is 23.1 Å². The molecular formula is C18H23BrO3. The number of Topliss-reactive ketones (excluding diaryl/α,β-unsaturated/α-hetero) is 1. The summed E-state index contributed by atoms with van der Waals surface area (Å²) in [5, 5.41) is 0. The van der Waals surface area contributed by atoms with Crippen molar-refractivity contribution in [3.8, 4) is 5.75 Å². The molecule has 0 bridgehead atoms. The first-order chi connectivity index (χ1) is 10.2. The van der Waals surface area contributed by atoms with E-state index in [4.69, 9.17) is 9.47 Å². The zero-order chi connectivity index (χ0) is 16.1. The van der Waals surface area contributed by atoms with Crippen molar-refractivity contribution in [2.45, 2.75) is 64.3 Å². The molecule has 0 saturated carbocycles. The normalized spacial score (nSPS) is 27.1. The summed E-state index contributed by atoms with van der Waals surface area (Å²) < 4.78 is 13.2. The third-order valence-electron chi connectivity index (χ3n) is 4.49. The molecule has 120 valence electrons. The summed E-state index contributed by atoms with van der Waals surface area (Å²) in [6, 6.07) is 5.66. The SMILES string of the molecule is CC1(C)CC(C2CC(=O)c3cc(Br)ccc3O2)CC(C)(C)O1. The smallest absolute Gasteiger partial charge is 0.170 e. The topological polar surface area (TPSA) is 35.5 Å². The van der Waals surface area contributed by atoms with Crippen LogP contribution in [0.5, 0.6) is 5.75 Å². The fourth-order valence-corrected chi connectivity index (χ4v) is 4.37. The maximum atomic E-state index is 12.5. The lowest BCUT2D eigenvalue weighted by molar-refractivity contribution is -0.183. The molecule has 1 atom stereocenters. The molecule has 1 saturated heterocycles. The van der Waals surface area contributed by atoms with Gasteiger partial charge in [0, 0.05) is 16.8 Å². The third kappa shape index (κ3) is 3.23. The number of ether oxygens (including phenoxy) is 2. The van der Waals surface area contributed by atoms with Crippen LogP contribution < -0.4 is 4.74 Å². The van der Waals surface area contributed by atoms with Crippen LogP contribution in [0.2, 0.25) is 0 Å². The van der Waals surface area contributed by atoms with Gasteiger partial charge < -0.3 is 9.47 Å². The molecule has 0 amide bonds. The Hall–Kier alpha value is -0.870. The molecule has 4 heteroatoms. The highest BCUT2D eigenvalue weighted by Crippen LogP contribution is 2.43. The van der Waals surface area contributed by atoms with E-state index < -0.39 is 0 Å². The minimum absolute atomic E-state index is 0.0522. The van der Waals surface area contributed by atoms with Crippen LogP contribution in [-0.2, 0) is 4.74 Å². The quantitative estimate of drug-likeness (QED) is 0.718. The summed E-state index contributed by atoms with van der Waals surface area (Å²) in [6.07, 6.45) is 2.24. The van der Waals surface area contributed by atoms with Crippen molar-refractivity contribution in [1.82, 2.24) is 0 Å². The van der Waals surface area contributed by atoms with E-state index in [2.05, 4.69) is 43.6 Å². The van der Waals surface area contributed by atoms with Gasteiger partial charge in [-0.25, -0.2) is 0 Å². The first-order valence-corrected chi connectivity index (χ1v) is 8.64. The maximum absolute atomic E-state index is 12.5. The molecule has 1 fully saturated rings. The second-order valence-electron chi connectivity index (χ2n) is 7.71. The Morgan fingerprint density at radius 2 is 1.77 bits per heavy atom. The molecule has 0 spiro atoms. The van der Waals surface area contributed by atoms with E-state index in [9.17, 15) is 4.79 Å². The number of fused-ring (bicyclic) bond motifs is 1. The molecule has 3 nitrogen and oxygen atoms in total. The van der Waals surface area contributed by atoms with E-state index in [1.807, 2.05) is 18.2 Å². The van der Waals surface area contributed by atoms with Gasteiger partial charge in [0.05, 0.1) is 16.8 Å². The highest BCUT2D eigenvalue weighted by molar-refractivity contribution is 9.10. The summed E-state index contributed by atoms with van der Waals surface area (Å²) in [7, 11) is 0. The van der Waals surface area contributed by atoms with Crippen molar-refractivity contribution < 1.29 is 14.3 Å². The minimum Gasteiger partial charge on any atom is -0.489 e. The van der Waals surface area contributed by atoms with E-state index in [1.54, 1.807) is 0 Å². The Morgan fingerprint density at radius 1 is 1.14 bits per heavy atom. The van der Waals surface area contributed by atoms with Crippen LogP contribution in [0.1, 0.15) is 57.3 Å². The molecule has 0 radical (unpaired) electrons. The van der Waals surface area contributed by atoms with Gasteiger partial charge >= 0.3 is 0 Å². The Bertz CT molecular complexity index is 590. The van der Waals surface area contributed by atoms with Gasteiger partial charge in [-0.3, -0.25) is 4.79 Å². The average molecular weight is 367 g/mol. The Morgan fingerprint density at radius 3 is 2.41 bits per heavy atom.